The third kappa shape index (κ3) is 4.60. The van der Waals surface area contributed by atoms with E-state index < -0.39 is 5.54 Å². The van der Waals surface area contributed by atoms with E-state index in [1.165, 1.54) is 0 Å². The number of hydrogen-bond acceptors (Lipinski definition) is 4. The number of amides is 1. The summed E-state index contributed by atoms with van der Waals surface area (Å²) in [5.41, 5.74) is -0.836. The molecule has 1 unspecified atom stereocenters. The number of carbonyl (C=O) groups is 1. The second-order valence-electron chi connectivity index (χ2n) is 4.48. The van der Waals surface area contributed by atoms with E-state index in [4.69, 9.17) is 10.4 Å². The summed E-state index contributed by atoms with van der Waals surface area (Å²) in [7, 11) is 1.74. The standard InChI is InChI=1S/C11H21N3O2/c1-9(2)11(3,8-12)13-10(16)7-14(4)5-6-15/h9,15H,5-7H2,1-4H3,(H,13,16). The minimum atomic E-state index is -0.836. The number of carbonyl (C=O) groups excluding carboxylic acids is 1. The van der Waals surface area contributed by atoms with E-state index in [-0.39, 0.29) is 25.0 Å². The summed E-state index contributed by atoms with van der Waals surface area (Å²) >= 11 is 0. The molecule has 0 aromatic heterocycles. The monoisotopic (exact) mass is 227 g/mol. The van der Waals surface area contributed by atoms with Crippen molar-refractivity contribution in [3.05, 3.63) is 0 Å². The fourth-order valence-electron chi connectivity index (χ4n) is 1.13. The van der Waals surface area contributed by atoms with Crippen LogP contribution in [-0.4, -0.2) is 48.2 Å². The fraction of sp³-hybridized carbons (Fsp3) is 0.818. The molecular weight excluding hydrogens is 206 g/mol. The highest BCUT2D eigenvalue weighted by molar-refractivity contribution is 5.79. The molecule has 0 radical (unpaired) electrons. The number of nitriles is 1. The molecule has 1 amide bonds. The second kappa shape index (κ2) is 6.46. The van der Waals surface area contributed by atoms with Crippen LogP contribution >= 0.6 is 0 Å². The Hall–Kier alpha value is -1.12. The van der Waals surface area contributed by atoms with Gasteiger partial charge in [0.2, 0.25) is 5.91 Å². The van der Waals surface area contributed by atoms with Gasteiger partial charge in [0.25, 0.3) is 0 Å². The Kier molecular flexibility index (Phi) is 6.01. The maximum Gasteiger partial charge on any atom is 0.235 e. The van der Waals surface area contributed by atoms with Crippen LogP contribution in [0.2, 0.25) is 0 Å². The minimum Gasteiger partial charge on any atom is -0.395 e. The topological polar surface area (TPSA) is 76.4 Å². The zero-order chi connectivity index (χ0) is 12.8. The first-order valence-electron chi connectivity index (χ1n) is 5.37. The van der Waals surface area contributed by atoms with Gasteiger partial charge in [-0.05, 0) is 19.9 Å². The molecule has 2 N–H and O–H groups in total. The van der Waals surface area contributed by atoms with E-state index in [1.807, 2.05) is 13.8 Å². The van der Waals surface area contributed by atoms with Gasteiger partial charge in [-0.1, -0.05) is 13.8 Å². The lowest BCUT2D eigenvalue weighted by Gasteiger charge is -2.28. The van der Waals surface area contributed by atoms with Gasteiger partial charge in [-0.25, -0.2) is 0 Å². The molecule has 92 valence electrons. The van der Waals surface area contributed by atoms with Gasteiger partial charge in [-0.2, -0.15) is 5.26 Å². The van der Waals surface area contributed by atoms with Gasteiger partial charge in [0.15, 0.2) is 0 Å². The van der Waals surface area contributed by atoms with Crippen LogP contribution in [0.25, 0.3) is 0 Å². The highest BCUT2D eigenvalue weighted by Gasteiger charge is 2.29. The first kappa shape index (κ1) is 14.9. The molecule has 0 aliphatic rings. The molecule has 5 nitrogen and oxygen atoms in total. The Bertz CT molecular complexity index is 273. The molecule has 5 heteroatoms. The molecule has 0 aromatic carbocycles. The smallest absolute Gasteiger partial charge is 0.235 e. The number of aliphatic hydroxyl groups is 1. The van der Waals surface area contributed by atoms with E-state index in [9.17, 15) is 4.79 Å². The minimum absolute atomic E-state index is 0.0173. The SMILES string of the molecule is CC(C)C(C)(C#N)NC(=O)CN(C)CCO. The predicted molar refractivity (Wildman–Crippen MR) is 61.6 cm³/mol. The Balaban J connectivity index is 4.29. The van der Waals surface area contributed by atoms with Crippen LogP contribution in [0.1, 0.15) is 20.8 Å². The number of rotatable bonds is 6. The molecule has 1 atom stereocenters. The maximum absolute atomic E-state index is 11.6. The van der Waals surface area contributed by atoms with Crippen LogP contribution in [0.15, 0.2) is 0 Å². The van der Waals surface area contributed by atoms with E-state index in [1.54, 1.807) is 18.9 Å². The van der Waals surface area contributed by atoms with Crippen LogP contribution in [-0.2, 0) is 4.79 Å². The molecule has 0 aliphatic heterocycles. The van der Waals surface area contributed by atoms with Crippen molar-refractivity contribution in [2.24, 2.45) is 5.92 Å². The van der Waals surface area contributed by atoms with Crippen molar-refractivity contribution in [2.45, 2.75) is 26.3 Å². The van der Waals surface area contributed by atoms with Gasteiger partial charge in [0.1, 0.15) is 5.54 Å². The van der Waals surface area contributed by atoms with Crippen LogP contribution in [0, 0.1) is 17.2 Å². The molecule has 0 heterocycles. The summed E-state index contributed by atoms with van der Waals surface area (Å²) < 4.78 is 0. The van der Waals surface area contributed by atoms with Gasteiger partial charge in [-0.15, -0.1) is 0 Å². The fourth-order valence-corrected chi connectivity index (χ4v) is 1.13. The van der Waals surface area contributed by atoms with E-state index in [0.29, 0.717) is 6.54 Å². The summed E-state index contributed by atoms with van der Waals surface area (Å²) in [6.45, 7) is 6.13. The second-order valence-corrected chi connectivity index (χ2v) is 4.48. The van der Waals surface area contributed by atoms with Crippen molar-refractivity contribution >= 4 is 5.91 Å². The Labute approximate surface area is 97.0 Å². The molecular formula is C11H21N3O2. The maximum atomic E-state index is 11.6. The highest BCUT2D eigenvalue weighted by atomic mass is 16.3. The summed E-state index contributed by atoms with van der Waals surface area (Å²) in [4.78, 5) is 13.3. The lowest BCUT2D eigenvalue weighted by Crippen LogP contribution is -2.51. The Morgan fingerprint density at radius 1 is 1.62 bits per heavy atom. The van der Waals surface area contributed by atoms with Crippen LogP contribution in [0.3, 0.4) is 0 Å². The third-order valence-electron chi connectivity index (χ3n) is 2.68. The average molecular weight is 227 g/mol. The number of likely N-dealkylation sites (N-methyl/N-ethyl adjacent to an activating group) is 1. The molecule has 0 fully saturated rings. The number of nitrogens with one attached hydrogen (secondary N) is 1. The van der Waals surface area contributed by atoms with E-state index in [2.05, 4.69) is 11.4 Å². The summed E-state index contributed by atoms with van der Waals surface area (Å²) in [5, 5.41) is 20.4. The molecule has 0 spiro atoms. The summed E-state index contributed by atoms with van der Waals surface area (Å²) in [5.74, 6) is -0.154. The molecule has 0 aromatic rings. The lowest BCUT2D eigenvalue weighted by atomic mass is 9.90. The molecule has 0 saturated heterocycles. The van der Waals surface area contributed by atoms with Gasteiger partial charge in [0.05, 0.1) is 19.2 Å². The zero-order valence-corrected chi connectivity index (χ0v) is 10.4. The molecule has 0 bridgehead atoms. The molecule has 0 saturated carbocycles. The number of aliphatic hydroxyl groups excluding tert-OH is 1. The van der Waals surface area contributed by atoms with Crippen molar-refractivity contribution < 1.29 is 9.90 Å². The number of hydrogen-bond donors (Lipinski definition) is 2. The first-order valence-corrected chi connectivity index (χ1v) is 5.37. The number of nitrogens with zero attached hydrogens (tertiary/aromatic N) is 2. The quantitative estimate of drug-likeness (QED) is 0.668. The van der Waals surface area contributed by atoms with Gasteiger partial charge >= 0.3 is 0 Å². The van der Waals surface area contributed by atoms with Crippen molar-refractivity contribution in [1.82, 2.24) is 10.2 Å². The van der Waals surface area contributed by atoms with Crippen LogP contribution in [0.4, 0.5) is 0 Å². The third-order valence-corrected chi connectivity index (χ3v) is 2.68. The van der Waals surface area contributed by atoms with Gasteiger partial charge in [0, 0.05) is 6.54 Å². The largest absolute Gasteiger partial charge is 0.395 e. The van der Waals surface area contributed by atoms with Crippen molar-refractivity contribution in [2.75, 3.05) is 26.7 Å². The molecule has 0 rings (SSSR count). The predicted octanol–water partition coefficient (Wildman–Crippen LogP) is -0.0350. The lowest BCUT2D eigenvalue weighted by molar-refractivity contribution is -0.123. The molecule has 0 aliphatic carbocycles. The normalized spacial score (nSPS) is 14.6. The van der Waals surface area contributed by atoms with Crippen molar-refractivity contribution in [1.29, 1.82) is 5.26 Å². The van der Waals surface area contributed by atoms with Crippen LogP contribution < -0.4 is 5.32 Å². The zero-order valence-electron chi connectivity index (χ0n) is 10.4. The van der Waals surface area contributed by atoms with Crippen molar-refractivity contribution in [3.8, 4) is 6.07 Å². The summed E-state index contributed by atoms with van der Waals surface area (Å²) in [6, 6.07) is 2.11. The highest BCUT2D eigenvalue weighted by Crippen LogP contribution is 2.14. The first-order chi connectivity index (χ1) is 7.35. The summed E-state index contributed by atoms with van der Waals surface area (Å²) in [6.07, 6.45) is 0. The molecule has 16 heavy (non-hydrogen) atoms. The Morgan fingerprint density at radius 3 is 2.56 bits per heavy atom. The van der Waals surface area contributed by atoms with Gasteiger partial charge in [-0.3, -0.25) is 9.69 Å². The van der Waals surface area contributed by atoms with Gasteiger partial charge < -0.3 is 10.4 Å². The van der Waals surface area contributed by atoms with E-state index >= 15 is 0 Å². The average Bonchev–Trinajstić information content (AvgIpc) is 2.17. The Morgan fingerprint density at radius 2 is 2.19 bits per heavy atom. The van der Waals surface area contributed by atoms with Crippen LogP contribution in [0.5, 0.6) is 0 Å². The van der Waals surface area contributed by atoms with E-state index in [0.717, 1.165) is 0 Å². The van der Waals surface area contributed by atoms with Crippen molar-refractivity contribution in [3.63, 3.8) is 0 Å².